The molecule has 2 heterocycles. The van der Waals surface area contributed by atoms with E-state index in [2.05, 4.69) is 25.0 Å². The highest BCUT2D eigenvalue weighted by Crippen LogP contribution is 2.66. The summed E-state index contributed by atoms with van der Waals surface area (Å²) in [6.07, 6.45) is -5.08. The molecule has 0 spiro atoms. The Morgan fingerprint density at radius 1 is 1.30 bits per heavy atom. The van der Waals surface area contributed by atoms with Gasteiger partial charge in [-0.25, -0.2) is 22.6 Å². The molecule has 1 aromatic rings. The number of phosphoric acid groups is 2. The number of nitrogens with one attached hydrogen (secondary N) is 1. The summed E-state index contributed by atoms with van der Waals surface area (Å²) in [7, 11) is -11.1. The fraction of sp³-hybridized carbons (Fsp3) is 0.556. The van der Waals surface area contributed by atoms with E-state index in [9.17, 15) is 33.1 Å². The molecule has 0 aromatic carbocycles. The van der Waals surface area contributed by atoms with Crippen LogP contribution in [0.25, 0.3) is 0 Å². The highest BCUT2D eigenvalue weighted by atomic mass is 35.5. The second kappa shape index (κ2) is 8.89. The van der Waals surface area contributed by atoms with E-state index in [0.29, 0.717) is 4.57 Å². The van der Waals surface area contributed by atoms with Crippen LogP contribution in [0.5, 0.6) is 0 Å². The van der Waals surface area contributed by atoms with Gasteiger partial charge < -0.3 is 33.9 Å². The van der Waals surface area contributed by atoms with Crippen LogP contribution in [0.2, 0.25) is 0 Å². The first-order valence-electron chi connectivity index (χ1n) is 7.25. The van der Waals surface area contributed by atoms with E-state index in [4.69, 9.17) is 31.0 Å². The summed E-state index contributed by atoms with van der Waals surface area (Å²) in [5, 5.41) is 6.87. The van der Waals surface area contributed by atoms with Gasteiger partial charge in [0.15, 0.2) is 6.23 Å². The average molecular weight is 537 g/mol. The number of hydrogen-bond donors (Lipinski definition) is 6. The quantitative estimate of drug-likeness (QED) is 0.176. The molecular formula is C9H13ClFN2O13P3S. The second-order valence-corrected chi connectivity index (χ2v) is 11.9. The number of aliphatic hydroxyl groups is 1. The van der Waals surface area contributed by atoms with Crippen LogP contribution >= 0.6 is 34.0 Å². The van der Waals surface area contributed by atoms with Crippen molar-refractivity contribution in [3.05, 3.63) is 33.1 Å². The second-order valence-electron chi connectivity index (χ2n) is 5.55. The van der Waals surface area contributed by atoms with Crippen LogP contribution in [0.3, 0.4) is 0 Å². The minimum absolute atomic E-state index is 0.513. The molecule has 0 aliphatic carbocycles. The standard InChI is InChI=1S/C9H13ClFN2O13P3S/c10-9(11)6(15)4(24-7(9)13-2-1-5(14)12-8(13)16)3-23-29(22,30)26-28(20,21)25-27(17,18)19/h1-2,4,6-7,15H,3H2,(H,20,21)(H,22,30)(H,12,14,16)(H2,17,18,19)/t4-,6-,7-,9-,29?/m1/s1. The van der Waals surface area contributed by atoms with Crippen molar-refractivity contribution in [3.63, 3.8) is 0 Å². The molecule has 172 valence electrons. The summed E-state index contributed by atoms with van der Waals surface area (Å²) in [5.41, 5.74) is -1.94. The van der Waals surface area contributed by atoms with Gasteiger partial charge in [0.1, 0.15) is 12.2 Å². The summed E-state index contributed by atoms with van der Waals surface area (Å²) in [6.45, 7) is -5.77. The van der Waals surface area contributed by atoms with Gasteiger partial charge in [-0.05, 0) is 11.8 Å². The van der Waals surface area contributed by atoms with Crippen LogP contribution in [-0.4, -0.2) is 58.2 Å². The number of nitrogens with zero attached hydrogens (tertiary/aromatic N) is 1. The van der Waals surface area contributed by atoms with E-state index >= 15 is 0 Å². The van der Waals surface area contributed by atoms with Crippen LogP contribution < -0.4 is 11.2 Å². The summed E-state index contributed by atoms with van der Waals surface area (Å²) < 4.78 is 54.4. The number of aromatic amines is 1. The van der Waals surface area contributed by atoms with Gasteiger partial charge in [0.25, 0.3) is 10.7 Å². The van der Waals surface area contributed by atoms with Crippen LogP contribution in [-0.2, 0) is 38.8 Å². The topological polar surface area (TPSA) is 227 Å². The molecular weight excluding hydrogens is 524 g/mol. The maximum absolute atomic E-state index is 14.7. The zero-order valence-electron chi connectivity index (χ0n) is 14.0. The first-order valence-corrected chi connectivity index (χ1v) is 13.2. The molecule has 1 aliphatic rings. The van der Waals surface area contributed by atoms with Crippen LogP contribution in [0, 0.1) is 0 Å². The number of aromatic nitrogens is 2. The van der Waals surface area contributed by atoms with Gasteiger partial charge in [0.05, 0.1) is 6.61 Å². The molecule has 0 radical (unpaired) electrons. The molecule has 6 N–H and O–H groups in total. The molecule has 2 rings (SSSR count). The van der Waals surface area contributed by atoms with E-state index in [1.165, 1.54) is 0 Å². The van der Waals surface area contributed by atoms with Crippen molar-refractivity contribution in [1.82, 2.24) is 9.55 Å². The summed E-state index contributed by atoms with van der Waals surface area (Å²) in [5.74, 6) is 0. The van der Waals surface area contributed by atoms with Gasteiger partial charge in [-0.3, -0.25) is 14.3 Å². The number of alkyl halides is 2. The lowest BCUT2D eigenvalue weighted by Crippen LogP contribution is -2.42. The van der Waals surface area contributed by atoms with Gasteiger partial charge in [-0.2, -0.15) is 4.31 Å². The van der Waals surface area contributed by atoms with Crippen LogP contribution in [0.1, 0.15) is 6.23 Å². The van der Waals surface area contributed by atoms with Gasteiger partial charge in [0, 0.05) is 12.3 Å². The molecule has 15 nitrogen and oxygen atoms in total. The molecule has 30 heavy (non-hydrogen) atoms. The molecule has 1 saturated heterocycles. The number of halogens is 2. The average Bonchev–Trinajstić information content (AvgIpc) is 2.73. The van der Waals surface area contributed by atoms with Crippen molar-refractivity contribution in [2.45, 2.75) is 23.6 Å². The van der Waals surface area contributed by atoms with Crippen molar-refractivity contribution in [3.8, 4) is 0 Å². The number of rotatable bonds is 8. The van der Waals surface area contributed by atoms with Crippen molar-refractivity contribution in [2.75, 3.05) is 6.61 Å². The summed E-state index contributed by atoms with van der Waals surface area (Å²) in [6, 6.07) is 0.842. The Morgan fingerprint density at radius 2 is 1.90 bits per heavy atom. The third-order valence-electron chi connectivity index (χ3n) is 3.30. The molecule has 0 amide bonds. The van der Waals surface area contributed by atoms with E-state index in [1.54, 1.807) is 0 Å². The number of H-pyrrole nitrogens is 1. The predicted molar refractivity (Wildman–Crippen MR) is 97.4 cm³/mol. The minimum Gasteiger partial charge on any atom is -0.385 e. The maximum atomic E-state index is 14.7. The Kier molecular flexibility index (Phi) is 7.67. The Bertz CT molecular complexity index is 1060. The van der Waals surface area contributed by atoms with E-state index in [0.717, 1.165) is 12.3 Å². The molecule has 1 aliphatic heterocycles. The number of ether oxygens (including phenoxy) is 1. The molecule has 0 bridgehead atoms. The highest BCUT2D eigenvalue weighted by molar-refractivity contribution is 8.08. The predicted octanol–water partition coefficient (Wildman–Crippen LogP) is -0.841. The third-order valence-corrected chi connectivity index (χ3v) is 8.43. The van der Waals surface area contributed by atoms with Crippen molar-refractivity contribution < 1.29 is 56.1 Å². The molecule has 6 atom stereocenters. The fourth-order valence-corrected chi connectivity index (χ4v) is 6.46. The van der Waals surface area contributed by atoms with Crippen molar-refractivity contribution in [2.24, 2.45) is 0 Å². The largest absolute Gasteiger partial charge is 0.488 e. The Balaban J connectivity index is 2.13. The van der Waals surface area contributed by atoms with Crippen LogP contribution in [0.15, 0.2) is 21.9 Å². The normalized spacial score (nSPS) is 31.2. The first-order chi connectivity index (χ1) is 13.4. The minimum atomic E-state index is -5.58. The summed E-state index contributed by atoms with van der Waals surface area (Å²) in [4.78, 5) is 60.6. The lowest BCUT2D eigenvalue weighted by atomic mass is 10.1. The zero-order chi connectivity index (χ0) is 23.1. The van der Waals surface area contributed by atoms with Crippen molar-refractivity contribution in [1.29, 1.82) is 0 Å². The number of aliphatic hydroxyl groups excluding tert-OH is 1. The maximum Gasteiger partial charge on any atom is 0.488 e. The molecule has 21 heteroatoms. The summed E-state index contributed by atoms with van der Waals surface area (Å²) >= 11 is 9.97. The molecule has 1 fully saturated rings. The van der Waals surface area contributed by atoms with Crippen LogP contribution in [0.4, 0.5) is 4.39 Å². The molecule has 0 saturated carbocycles. The fourth-order valence-electron chi connectivity index (χ4n) is 2.19. The molecule has 2 unspecified atom stereocenters. The Morgan fingerprint density at radius 3 is 2.43 bits per heavy atom. The van der Waals surface area contributed by atoms with Gasteiger partial charge in [0.2, 0.25) is 0 Å². The lowest BCUT2D eigenvalue weighted by molar-refractivity contribution is -0.0491. The van der Waals surface area contributed by atoms with Gasteiger partial charge >= 0.3 is 28.1 Å². The van der Waals surface area contributed by atoms with Crippen molar-refractivity contribution >= 4 is 45.8 Å². The van der Waals surface area contributed by atoms with Gasteiger partial charge in [-0.1, -0.05) is 11.6 Å². The first kappa shape index (κ1) is 25.9. The third kappa shape index (κ3) is 6.58. The van der Waals surface area contributed by atoms with E-state index in [-0.39, 0.29) is 0 Å². The number of hydrogen-bond acceptors (Lipinski definition) is 10. The highest BCUT2D eigenvalue weighted by Gasteiger charge is 2.58. The zero-order valence-corrected chi connectivity index (χ0v) is 18.3. The molecule has 1 aromatic heterocycles. The Labute approximate surface area is 175 Å². The van der Waals surface area contributed by atoms with E-state index in [1.807, 2.05) is 4.98 Å². The monoisotopic (exact) mass is 536 g/mol. The van der Waals surface area contributed by atoms with E-state index < -0.39 is 63.8 Å². The smallest absolute Gasteiger partial charge is 0.385 e. The Hall–Kier alpha value is -0.350. The van der Waals surface area contributed by atoms with Gasteiger partial charge in [-0.15, -0.1) is 0 Å². The SMILES string of the molecule is O=c1ccn([C@@H]2O[C@H](COP(O)(=S)OP(=O)(O)OP(=O)(O)O)[C@@H](O)[C@]2(F)Cl)c(=O)[nH]1. The lowest BCUT2D eigenvalue weighted by Gasteiger charge is -2.22.